The van der Waals surface area contributed by atoms with Crippen molar-refractivity contribution in [2.45, 2.75) is 0 Å². The second-order valence-electron chi connectivity index (χ2n) is 2.14. The molecular weight excluding hydrogens is 172 g/mol. The second-order valence-corrected chi connectivity index (χ2v) is 2.14. The van der Waals surface area contributed by atoms with Gasteiger partial charge in [-0.1, -0.05) is 0 Å². The second kappa shape index (κ2) is 4.04. The summed E-state index contributed by atoms with van der Waals surface area (Å²) in [7, 11) is 0. The molecule has 1 rings (SSSR count). The monoisotopic (exact) mass is 178 g/mol. The summed E-state index contributed by atoms with van der Waals surface area (Å²) in [6.07, 6.45) is 5.12. The number of carboxylic acid groups (broad SMARTS) is 1. The standard InChI is InChI=1S/C8H6N2O3/c11-4-1-6(8(12)13)5-7-9-2-3-10-7/h1-3,5H,(H,9,10)(H,12,13). The summed E-state index contributed by atoms with van der Waals surface area (Å²) >= 11 is 0. The third-order valence-electron chi connectivity index (χ3n) is 1.27. The molecule has 0 spiro atoms. The predicted octanol–water partition coefficient (Wildman–Crippen LogP) is 0.265. The van der Waals surface area contributed by atoms with Crippen molar-refractivity contribution in [1.29, 1.82) is 0 Å². The number of aromatic amines is 1. The Hall–Kier alpha value is -2.13. The highest BCUT2D eigenvalue weighted by Gasteiger charge is 2.03. The van der Waals surface area contributed by atoms with Crippen molar-refractivity contribution in [3.05, 3.63) is 29.9 Å². The minimum atomic E-state index is -1.19. The number of rotatable bonds is 3. The van der Waals surface area contributed by atoms with E-state index in [0.717, 1.165) is 6.08 Å². The van der Waals surface area contributed by atoms with Gasteiger partial charge in [-0.3, -0.25) is 0 Å². The molecule has 13 heavy (non-hydrogen) atoms. The van der Waals surface area contributed by atoms with Crippen molar-refractivity contribution < 1.29 is 14.7 Å². The van der Waals surface area contributed by atoms with E-state index >= 15 is 0 Å². The van der Waals surface area contributed by atoms with Crippen molar-refractivity contribution in [3.63, 3.8) is 0 Å². The largest absolute Gasteiger partial charge is 0.478 e. The molecule has 1 heterocycles. The van der Waals surface area contributed by atoms with E-state index in [1.807, 2.05) is 0 Å². The summed E-state index contributed by atoms with van der Waals surface area (Å²) in [5.41, 5.74) is -0.162. The SMILES string of the molecule is O=C=CC(=Cc1ncc[nH]1)C(=O)O. The normalized spacial score (nSPS) is 10.6. The Balaban J connectivity index is 3.00. The van der Waals surface area contributed by atoms with E-state index in [4.69, 9.17) is 5.11 Å². The van der Waals surface area contributed by atoms with Gasteiger partial charge in [0.25, 0.3) is 0 Å². The Morgan fingerprint density at radius 3 is 2.92 bits per heavy atom. The molecule has 0 unspecified atom stereocenters. The molecule has 0 atom stereocenters. The number of imidazole rings is 1. The van der Waals surface area contributed by atoms with Gasteiger partial charge >= 0.3 is 5.97 Å². The zero-order valence-corrected chi connectivity index (χ0v) is 6.52. The molecule has 2 N–H and O–H groups in total. The van der Waals surface area contributed by atoms with Gasteiger partial charge in [0.05, 0.1) is 5.57 Å². The minimum Gasteiger partial charge on any atom is -0.478 e. The molecule has 0 aliphatic heterocycles. The first-order valence-electron chi connectivity index (χ1n) is 3.39. The van der Waals surface area contributed by atoms with Gasteiger partial charge in [0, 0.05) is 18.5 Å². The van der Waals surface area contributed by atoms with Crippen LogP contribution in [0.25, 0.3) is 6.08 Å². The number of aliphatic carboxylic acids is 1. The highest BCUT2D eigenvalue weighted by Crippen LogP contribution is 2.01. The van der Waals surface area contributed by atoms with Crippen LogP contribution in [0.2, 0.25) is 0 Å². The van der Waals surface area contributed by atoms with Gasteiger partial charge in [-0.2, -0.15) is 0 Å². The van der Waals surface area contributed by atoms with Crippen LogP contribution in [-0.4, -0.2) is 27.0 Å². The number of nitrogens with one attached hydrogen (secondary N) is 1. The van der Waals surface area contributed by atoms with Crippen molar-refractivity contribution in [2.24, 2.45) is 0 Å². The number of aromatic nitrogens is 2. The lowest BCUT2D eigenvalue weighted by Gasteiger charge is -1.89. The quantitative estimate of drug-likeness (QED) is 0.395. The zero-order valence-electron chi connectivity index (χ0n) is 6.52. The first-order chi connectivity index (χ1) is 6.24. The Morgan fingerprint density at radius 1 is 1.69 bits per heavy atom. The number of carbonyl (C=O) groups is 1. The van der Waals surface area contributed by atoms with Crippen molar-refractivity contribution in [2.75, 3.05) is 0 Å². The lowest BCUT2D eigenvalue weighted by Crippen LogP contribution is -1.97. The average molecular weight is 178 g/mol. The topological polar surface area (TPSA) is 83.0 Å². The first kappa shape index (κ1) is 8.96. The molecule has 0 aromatic carbocycles. The number of hydrogen-bond acceptors (Lipinski definition) is 3. The molecule has 0 fully saturated rings. The summed E-state index contributed by atoms with van der Waals surface area (Å²) < 4.78 is 0. The van der Waals surface area contributed by atoms with Crippen LogP contribution in [0.1, 0.15) is 5.82 Å². The minimum absolute atomic E-state index is 0.162. The summed E-state index contributed by atoms with van der Waals surface area (Å²) in [5.74, 6) is 0.580. The number of H-pyrrole nitrogens is 1. The lowest BCUT2D eigenvalue weighted by molar-refractivity contribution is -0.132. The molecule has 0 radical (unpaired) electrons. The fraction of sp³-hybridized carbons (Fsp3) is 0. The van der Waals surface area contributed by atoms with Crippen LogP contribution in [0.15, 0.2) is 24.0 Å². The smallest absolute Gasteiger partial charge is 0.336 e. The first-order valence-corrected chi connectivity index (χ1v) is 3.39. The molecule has 0 aliphatic rings. The molecule has 0 bridgehead atoms. The van der Waals surface area contributed by atoms with Crippen LogP contribution >= 0.6 is 0 Å². The van der Waals surface area contributed by atoms with E-state index in [1.54, 1.807) is 6.20 Å². The molecule has 0 saturated carbocycles. The number of nitrogens with zero attached hydrogens (tertiary/aromatic N) is 1. The highest BCUT2D eigenvalue weighted by molar-refractivity contribution is 5.96. The Morgan fingerprint density at radius 2 is 2.46 bits per heavy atom. The van der Waals surface area contributed by atoms with Crippen LogP contribution in [-0.2, 0) is 9.59 Å². The Labute approximate surface area is 73.4 Å². The zero-order chi connectivity index (χ0) is 9.68. The van der Waals surface area contributed by atoms with E-state index in [1.165, 1.54) is 18.2 Å². The molecule has 1 aromatic heterocycles. The van der Waals surface area contributed by atoms with Gasteiger partial charge in [0.2, 0.25) is 0 Å². The number of carboxylic acids is 1. The average Bonchev–Trinajstić information content (AvgIpc) is 2.56. The maximum absolute atomic E-state index is 10.5. The number of carbonyl (C=O) groups excluding carboxylic acids is 1. The maximum atomic E-state index is 10.5. The van der Waals surface area contributed by atoms with Crippen LogP contribution in [0.5, 0.6) is 0 Å². The molecule has 0 saturated heterocycles. The van der Waals surface area contributed by atoms with Crippen molar-refractivity contribution in [3.8, 4) is 0 Å². The van der Waals surface area contributed by atoms with Crippen LogP contribution in [0.3, 0.4) is 0 Å². The fourth-order valence-electron chi connectivity index (χ4n) is 0.732. The van der Waals surface area contributed by atoms with Gasteiger partial charge in [-0.05, 0) is 6.08 Å². The van der Waals surface area contributed by atoms with E-state index in [9.17, 15) is 9.59 Å². The summed E-state index contributed by atoms with van der Waals surface area (Å²) in [6, 6.07) is 0. The Kier molecular flexibility index (Phi) is 2.78. The van der Waals surface area contributed by atoms with Crippen molar-refractivity contribution in [1.82, 2.24) is 9.97 Å². The van der Waals surface area contributed by atoms with Crippen LogP contribution in [0, 0.1) is 0 Å². The molecule has 66 valence electrons. The summed E-state index contributed by atoms with van der Waals surface area (Å²) in [6.45, 7) is 0. The van der Waals surface area contributed by atoms with E-state index in [-0.39, 0.29) is 5.57 Å². The molecule has 0 amide bonds. The Bertz CT molecular complexity index is 368. The molecule has 5 heteroatoms. The van der Waals surface area contributed by atoms with Gasteiger partial charge < -0.3 is 10.1 Å². The predicted molar refractivity (Wildman–Crippen MR) is 44.5 cm³/mol. The molecule has 5 nitrogen and oxygen atoms in total. The van der Waals surface area contributed by atoms with E-state index in [2.05, 4.69) is 9.97 Å². The third kappa shape index (κ3) is 2.43. The fourth-order valence-corrected chi connectivity index (χ4v) is 0.732. The molecular formula is C8H6N2O3. The van der Waals surface area contributed by atoms with Crippen LogP contribution < -0.4 is 0 Å². The summed E-state index contributed by atoms with van der Waals surface area (Å²) in [4.78, 5) is 26.9. The third-order valence-corrected chi connectivity index (χ3v) is 1.27. The van der Waals surface area contributed by atoms with Gasteiger partial charge in [-0.25, -0.2) is 14.6 Å². The van der Waals surface area contributed by atoms with Crippen LogP contribution in [0.4, 0.5) is 0 Å². The van der Waals surface area contributed by atoms with E-state index < -0.39 is 5.97 Å². The molecule has 1 aromatic rings. The van der Waals surface area contributed by atoms with E-state index in [0.29, 0.717) is 5.82 Å². The lowest BCUT2D eigenvalue weighted by atomic mass is 10.2. The maximum Gasteiger partial charge on any atom is 0.336 e. The van der Waals surface area contributed by atoms with Gasteiger partial charge in [0.1, 0.15) is 11.8 Å². The van der Waals surface area contributed by atoms with Gasteiger partial charge in [-0.15, -0.1) is 0 Å². The number of hydrogen-bond donors (Lipinski definition) is 2. The van der Waals surface area contributed by atoms with Gasteiger partial charge in [0.15, 0.2) is 0 Å². The highest BCUT2D eigenvalue weighted by atomic mass is 16.4. The molecule has 0 aliphatic carbocycles. The van der Waals surface area contributed by atoms with Crippen molar-refractivity contribution >= 4 is 18.0 Å². The summed E-state index contributed by atoms with van der Waals surface area (Å²) in [5, 5.41) is 8.58.